The molecule has 3 rings (SSSR count). The average molecular weight is 410 g/mol. The summed E-state index contributed by atoms with van der Waals surface area (Å²) in [5.74, 6) is -1.27. The number of carbonyl (C=O) groups is 2. The van der Waals surface area contributed by atoms with E-state index in [0.717, 1.165) is 0 Å². The van der Waals surface area contributed by atoms with Gasteiger partial charge in [-0.05, 0) is 30.2 Å². The zero-order chi connectivity index (χ0) is 21.8. The number of carbonyl (C=O) groups excluding carboxylic acids is 2. The Morgan fingerprint density at radius 2 is 1.83 bits per heavy atom. The Balaban J connectivity index is 1.87. The molecule has 0 fully saturated rings. The lowest BCUT2D eigenvalue weighted by Gasteiger charge is -2.18. The number of hydrogen-bond acceptors (Lipinski definition) is 4. The Bertz CT molecular complexity index is 1160. The van der Waals surface area contributed by atoms with Crippen molar-refractivity contribution in [2.24, 2.45) is 5.92 Å². The summed E-state index contributed by atoms with van der Waals surface area (Å²) >= 11 is 0. The van der Waals surface area contributed by atoms with Gasteiger partial charge in [-0.25, -0.2) is 9.07 Å². The van der Waals surface area contributed by atoms with Crippen molar-refractivity contribution >= 4 is 28.3 Å². The number of benzene rings is 2. The van der Waals surface area contributed by atoms with E-state index in [-0.39, 0.29) is 23.7 Å². The van der Waals surface area contributed by atoms with Crippen molar-refractivity contribution in [2.45, 2.75) is 20.4 Å². The first kappa shape index (κ1) is 21.2. The molecule has 0 saturated heterocycles. The quantitative estimate of drug-likeness (QED) is 0.677. The maximum Gasteiger partial charge on any atom is 0.275 e. The van der Waals surface area contributed by atoms with E-state index >= 15 is 0 Å². The molecule has 156 valence electrons. The second-order valence-electron chi connectivity index (χ2n) is 7.50. The number of rotatable bonds is 6. The van der Waals surface area contributed by atoms with E-state index in [2.05, 4.69) is 10.4 Å². The number of fused-ring (bicyclic) bond motifs is 1. The van der Waals surface area contributed by atoms with E-state index in [1.54, 1.807) is 30.3 Å². The van der Waals surface area contributed by atoms with Crippen LogP contribution in [0.15, 0.2) is 53.3 Å². The first-order chi connectivity index (χ1) is 14.3. The molecule has 0 unspecified atom stereocenters. The topological polar surface area (TPSA) is 84.3 Å². The minimum atomic E-state index is -0.488. The van der Waals surface area contributed by atoms with Gasteiger partial charge in [0, 0.05) is 24.7 Å². The lowest BCUT2D eigenvalue weighted by atomic mass is 10.1. The molecule has 0 aliphatic heterocycles. The molecule has 0 spiro atoms. The number of halogens is 1. The molecule has 30 heavy (non-hydrogen) atoms. The Morgan fingerprint density at radius 1 is 1.13 bits per heavy atom. The molecule has 0 atom stereocenters. The standard InChI is InChI=1S/C22H23FN4O3/c1-14(2)12-27-21(29)18-10-5-4-9-17(18)20(25-27)22(30)26(3)13-19(28)24-16-8-6-7-15(23)11-16/h4-11,14H,12-13H2,1-3H3,(H,24,28). The fourth-order valence-corrected chi connectivity index (χ4v) is 3.10. The highest BCUT2D eigenvalue weighted by molar-refractivity contribution is 6.06. The van der Waals surface area contributed by atoms with Gasteiger partial charge in [-0.1, -0.05) is 38.1 Å². The molecule has 8 heteroatoms. The molecule has 1 heterocycles. The van der Waals surface area contributed by atoms with Crippen LogP contribution in [0.25, 0.3) is 10.8 Å². The van der Waals surface area contributed by atoms with Crippen LogP contribution in [0.1, 0.15) is 24.3 Å². The monoisotopic (exact) mass is 410 g/mol. The first-order valence-corrected chi connectivity index (χ1v) is 9.57. The predicted octanol–water partition coefficient (Wildman–Crippen LogP) is 2.90. The van der Waals surface area contributed by atoms with E-state index in [1.165, 1.54) is 34.8 Å². The van der Waals surface area contributed by atoms with Gasteiger partial charge in [0.05, 0.1) is 11.9 Å². The summed E-state index contributed by atoms with van der Waals surface area (Å²) in [5, 5.41) is 7.68. The van der Waals surface area contributed by atoms with Crippen LogP contribution in [-0.2, 0) is 11.3 Å². The van der Waals surface area contributed by atoms with Crippen molar-refractivity contribution in [3.8, 4) is 0 Å². The van der Waals surface area contributed by atoms with Crippen molar-refractivity contribution < 1.29 is 14.0 Å². The Morgan fingerprint density at radius 3 is 2.50 bits per heavy atom. The van der Waals surface area contributed by atoms with Gasteiger partial charge in [-0.3, -0.25) is 14.4 Å². The van der Waals surface area contributed by atoms with Crippen LogP contribution in [0.3, 0.4) is 0 Å². The molecule has 1 N–H and O–H groups in total. The van der Waals surface area contributed by atoms with Crippen molar-refractivity contribution in [1.82, 2.24) is 14.7 Å². The molecule has 2 amide bonds. The van der Waals surface area contributed by atoms with Crippen LogP contribution in [0.2, 0.25) is 0 Å². The third kappa shape index (κ3) is 4.71. The largest absolute Gasteiger partial charge is 0.331 e. The van der Waals surface area contributed by atoms with Gasteiger partial charge < -0.3 is 10.2 Å². The van der Waals surface area contributed by atoms with Crippen LogP contribution in [0.4, 0.5) is 10.1 Å². The highest BCUT2D eigenvalue weighted by Crippen LogP contribution is 2.16. The highest BCUT2D eigenvalue weighted by atomic mass is 19.1. The Kier molecular flexibility index (Phi) is 6.25. The van der Waals surface area contributed by atoms with Crippen LogP contribution in [-0.4, -0.2) is 40.1 Å². The van der Waals surface area contributed by atoms with Gasteiger partial charge in [-0.15, -0.1) is 0 Å². The zero-order valence-electron chi connectivity index (χ0n) is 17.1. The van der Waals surface area contributed by atoms with E-state index in [9.17, 15) is 18.8 Å². The van der Waals surface area contributed by atoms with E-state index in [0.29, 0.717) is 23.0 Å². The smallest absolute Gasteiger partial charge is 0.275 e. The minimum Gasteiger partial charge on any atom is -0.331 e. The highest BCUT2D eigenvalue weighted by Gasteiger charge is 2.21. The minimum absolute atomic E-state index is 0.104. The average Bonchev–Trinajstić information content (AvgIpc) is 2.69. The summed E-state index contributed by atoms with van der Waals surface area (Å²) < 4.78 is 14.6. The molecule has 0 bridgehead atoms. The number of anilines is 1. The molecule has 0 radical (unpaired) electrons. The number of nitrogens with zero attached hydrogens (tertiary/aromatic N) is 3. The molecule has 7 nitrogen and oxygen atoms in total. The molecule has 1 aromatic heterocycles. The van der Waals surface area contributed by atoms with E-state index in [1.807, 2.05) is 13.8 Å². The maximum atomic E-state index is 13.3. The predicted molar refractivity (Wildman–Crippen MR) is 113 cm³/mol. The van der Waals surface area contributed by atoms with Gasteiger partial charge in [0.2, 0.25) is 5.91 Å². The third-order valence-electron chi connectivity index (χ3n) is 4.44. The SMILES string of the molecule is CC(C)Cn1nc(C(=O)N(C)CC(=O)Nc2cccc(F)c2)c2ccccc2c1=O. The second kappa shape index (κ2) is 8.86. The van der Waals surface area contributed by atoms with Crippen molar-refractivity contribution in [3.05, 3.63) is 70.4 Å². The summed E-state index contributed by atoms with van der Waals surface area (Å²) in [7, 11) is 1.47. The first-order valence-electron chi connectivity index (χ1n) is 9.57. The number of hydrogen-bond donors (Lipinski definition) is 1. The van der Waals surface area contributed by atoms with Gasteiger partial charge in [0.15, 0.2) is 5.69 Å². The number of amides is 2. The van der Waals surface area contributed by atoms with Gasteiger partial charge in [0.25, 0.3) is 11.5 Å². The van der Waals surface area contributed by atoms with Crippen LogP contribution in [0.5, 0.6) is 0 Å². The second-order valence-corrected chi connectivity index (χ2v) is 7.50. The fourth-order valence-electron chi connectivity index (χ4n) is 3.10. The third-order valence-corrected chi connectivity index (χ3v) is 4.44. The number of likely N-dealkylation sites (N-methyl/N-ethyl adjacent to an activating group) is 1. The lowest BCUT2D eigenvalue weighted by Crippen LogP contribution is -2.37. The van der Waals surface area contributed by atoms with Crippen molar-refractivity contribution in [2.75, 3.05) is 18.9 Å². The number of nitrogens with one attached hydrogen (secondary N) is 1. The van der Waals surface area contributed by atoms with Gasteiger partial charge in [0.1, 0.15) is 5.82 Å². The molecule has 0 aliphatic rings. The van der Waals surface area contributed by atoms with Crippen LogP contribution in [0, 0.1) is 11.7 Å². The van der Waals surface area contributed by atoms with Gasteiger partial charge >= 0.3 is 0 Å². The normalized spacial score (nSPS) is 11.0. The zero-order valence-corrected chi connectivity index (χ0v) is 17.1. The molecular formula is C22H23FN4O3. The molecular weight excluding hydrogens is 387 g/mol. The van der Waals surface area contributed by atoms with Crippen molar-refractivity contribution in [1.29, 1.82) is 0 Å². The fraction of sp³-hybridized carbons (Fsp3) is 0.273. The summed E-state index contributed by atoms with van der Waals surface area (Å²) in [6.07, 6.45) is 0. The molecule has 0 aliphatic carbocycles. The van der Waals surface area contributed by atoms with E-state index in [4.69, 9.17) is 0 Å². The summed E-state index contributed by atoms with van der Waals surface area (Å²) in [4.78, 5) is 39.3. The lowest BCUT2D eigenvalue weighted by molar-refractivity contribution is -0.116. The Labute approximate surface area is 173 Å². The molecule has 3 aromatic rings. The van der Waals surface area contributed by atoms with Crippen molar-refractivity contribution in [3.63, 3.8) is 0 Å². The van der Waals surface area contributed by atoms with Gasteiger partial charge in [-0.2, -0.15) is 5.10 Å². The number of aromatic nitrogens is 2. The van der Waals surface area contributed by atoms with E-state index < -0.39 is 17.6 Å². The van der Waals surface area contributed by atoms with Crippen LogP contribution < -0.4 is 10.9 Å². The maximum absolute atomic E-state index is 13.3. The molecule has 0 saturated carbocycles. The summed E-state index contributed by atoms with van der Waals surface area (Å²) in [6.45, 7) is 4.02. The van der Waals surface area contributed by atoms with Crippen LogP contribution >= 0.6 is 0 Å². The summed E-state index contributed by atoms with van der Waals surface area (Å²) in [6, 6.07) is 12.3. The summed E-state index contributed by atoms with van der Waals surface area (Å²) in [5.41, 5.74) is 0.143. The Hall–Kier alpha value is -3.55. The molecule has 2 aromatic carbocycles.